The maximum atomic E-state index is 11.0. The van der Waals surface area contributed by atoms with E-state index in [0.29, 0.717) is 5.56 Å². The molecule has 106 valence electrons. The molecule has 0 aliphatic carbocycles. The van der Waals surface area contributed by atoms with Crippen LogP contribution < -0.4 is 0 Å². The van der Waals surface area contributed by atoms with Crippen LogP contribution in [-0.2, 0) is 0 Å². The van der Waals surface area contributed by atoms with Crippen LogP contribution in [0.25, 0.3) is 11.4 Å². The molecule has 3 aromatic rings. The van der Waals surface area contributed by atoms with Gasteiger partial charge < -0.3 is 9.13 Å². The lowest BCUT2D eigenvalue weighted by Crippen LogP contribution is -2.08. The third-order valence-corrected chi connectivity index (χ3v) is 3.36. The molecule has 2 heterocycles. The monoisotopic (exact) mass is 283 g/mol. The third kappa shape index (κ3) is 2.40. The maximum absolute atomic E-state index is 11.0. The number of hydrogen-bond donors (Lipinski definition) is 0. The van der Waals surface area contributed by atoms with Crippen LogP contribution in [0.5, 0.6) is 0 Å². The molecule has 0 bridgehead atoms. The third-order valence-electron chi connectivity index (χ3n) is 3.36. The minimum Gasteiger partial charge on any atom is -0.304 e. The highest BCUT2D eigenvalue weighted by molar-refractivity contribution is 5.54. The quantitative estimate of drug-likeness (QED) is 0.544. The number of rotatable bonds is 4. The van der Waals surface area contributed by atoms with E-state index in [1.807, 2.05) is 27.5 Å². The Morgan fingerprint density at radius 3 is 2.24 bits per heavy atom. The number of nitro groups is 1. The fourth-order valence-electron chi connectivity index (χ4n) is 2.15. The highest BCUT2D eigenvalue weighted by Gasteiger charge is 2.18. The van der Waals surface area contributed by atoms with Gasteiger partial charge in [0.25, 0.3) is 0 Å². The molecule has 0 aliphatic heterocycles. The lowest BCUT2D eigenvalue weighted by atomic mass is 10.1. The molecule has 1 atom stereocenters. The van der Waals surface area contributed by atoms with Gasteiger partial charge in [-0.15, -0.1) is 0 Å². The lowest BCUT2D eigenvalue weighted by Gasteiger charge is -2.13. The first-order valence-electron chi connectivity index (χ1n) is 6.41. The van der Waals surface area contributed by atoms with E-state index in [9.17, 15) is 10.1 Å². The molecular weight excluding hydrogens is 270 g/mol. The van der Waals surface area contributed by atoms with Crippen LogP contribution in [0.4, 0.5) is 0 Å². The molecule has 1 unspecified atom stereocenters. The summed E-state index contributed by atoms with van der Waals surface area (Å²) in [5.74, 6) is 0. The van der Waals surface area contributed by atoms with Crippen molar-refractivity contribution in [3.05, 3.63) is 71.3 Å². The zero-order valence-electron chi connectivity index (χ0n) is 11.3. The number of hydrogen-bond acceptors (Lipinski definition) is 4. The van der Waals surface area contributed by atoms with Crippen molar-refractivity contribution in [1.29, 1.82) is 0 Å². The Labute approximate surface area is 120 Å². The highest BCUT2D eigenvalue weighted by Crippen LogP contribution is 2.25. The molecule has 0 radical (unpaired) electrons. The summed E-state index contributed by atoms with van der Waals surface area (Å²) in [6, 6.07) is 4.67. The molecule has 1 aromatic carbocycles. The first kappa shape index (κ1) is 13.0. The van der Waals surface area contributed by atoms with E-state index in [-0.39, 0.29) is 4.92 Å². The summed E-state index contributed by atoms with van der Waals surface area (Å²) < 4.78 is 3.68. The van der Waals surface area contributed by atoms with E-state index >= 15 is 0 Å². The molecule has 0 fully saturated rings. The van der Waals surface area contributed by atoms with Crippen molar-refractivity contribution in [1.82, 2.24) is 19.1 Å². The summed E-state index contributed by atoms with van der Waals surface area (Å²) in [6.07, 6.45) is 10.3. The largest absolute Gasteiger partial charge is 0.304 e. The molecule has 2 aromatic heterocycles. The van der Waals surface area contributed by atoms with Gasteiger partial charge in [-0.3, -0.25) is 10.1 Å². The van der Waals surface area contributed by atoms with Crippen LogP contribution in [0.2, 0.25) is 0 Å². The van der Waals surface area contributed by atoms with Crippen LogP contribution in [0.15, 0.2) is 55.6 Å². The van der Waals surface area contributed by atoms with E-state index in [1.54, 1.807) is 44.2 Å². The van der Waals surface area contributed by atoms with Gasteiger partial charge in [-0.25, -0.2) is 9.97 Å². The van der Waals surface area contributed by atoms with Crippen LogP contribution in [0.3, 0.4) is 0 Å². The van der Waals surface area contributed by atoms with Crippen molar-refractivity contribution >= 4 is 0 Å². The first-order chi connectivity index (χ1) is 10.2. The Balaban J connectivity index is 2.16. The number of aromatic nitrogens is 4. The van der Waals surface area contributed by atoms with Gasteiger partial charge in [-0.2, -0.15) is 0 Å². The molecule has 3 rings (SSSR count). The minimum absolute atomic E-state index is 0.302. The minimum atomic E-state index is -0.760. The molecule has 21 heavy (non-hydrogen) atoms. The van der Waals surface area contributed by atoms with Gasteiger partial charge in [-0.1, -0.05) is 0 Å². The molecule has 7 nitrogen and oxygen atoms in total. The van der Waals surface area contributed by atoms with Crippen molar-refractivity contribution in [2.24, 2.45) is 0 Å². The lowest BCUT2D eigenvalue weighted by molar-refractivity contribution is -0.524. The van der Waals surface area contributed by atoms with Gasteiger partial charge in [0.05, 0.1) is 24.0 Å². The molecule has 0 N–H and O–H groups in total. The van der Waals surface area contributed by atoms with Crippen molar-refractivity contribution in [3.8, 4) is 11.4 Å². The van der Waals surface area contributed by atoms with Crippen molar-refractivity contribution in [3.63, 3.8) is 0 Å². The Morgan fingerprint density at radius 2 is 1.71 bits per heavy atom. The predicted octanol–water partition coefficient (Wildman–Crippen LogP) is 2.40. The van der Waals surface area contributed by atoms with Crippen molar-refractivity contribution < 1.29 is 4.92 Å². The topological polar surface area (TPSA) is 78.8 Å². The van der Waals surface area contributed by atoms with E-state index in [0.717, 1.165) is 11.4 Å². The average Bonchev–Trinajstić information content (AvgIpc) is 3.18. The Hall–Kier alpha value is -2.96. The number of benzene rings is 1. The summed E-state index contributed by atoms with van der Waals surface area (Å²) in [5, 5.41) is 11.0. The molecule has 7 heteroatoms. The van der Waals surface area contributed by atoms with Gasteiger partial charge in [0.2, 0.25) is 6.04 Å². The van der Waals surface area contributed by atoms with E-state index < -0.39 is 6.04 Å². The summed E-state index contributed by atoms with van der Waals surface area (Å²) in [7, 11) is 0. The van der Waals surface area contributed by atoms with E-state index in [4.69, 9.17) is 0 Å². The van der Waals surface area contributed by atoms with Gasteiger partial charge in [-0.05, 0) is 18.2 Å². The summed E-state index contributed by atoms with van der Waals surface area (Å²) in [4.78, 5) is 18.8. The Bertz CT molecular complexity index is 750. The van der Waals surface area contributed by atoms with Crippen LogP contribution in [0.1, 0.15) is 18.5 Å². The van der Waals surface area contributed by atoms with Crippen LogP contribution >= 0.6 is 0 Å². The Morgan fingerprint density at radius 1 is 1.10 bits per heavy atom. The smallest absolute Gasteiger partial charge is 0.235 e. The van der Waals surface area contributed by atoms with Crippen LogP contribution in [-0.4, -0.2) is 24.0 Å². The summed E-state index contributed by atoms with van der Waals surface area (Å²) in [5.41, 5.74) is 2.34. The summed E-state index contributed by atoms with van der Waals surface area (Å²) in [6.45, 7) is 1.57. The van der Waals surface area contributed by atoms with E-state index in [1.165, 1.54) is 0 Å². The normalized spacial score (nSPS) is 12.2. The zero-order valence-corrected chi connectivity index (χ0v) is 11.3. The molecule has 0 amide bonds. The summed E-state index contributed by atoms with van der Waals surface area (Å²) >= 11 is 0. The van der Waals surface area contributed by atoms with Gasteiger partial charge in [0.15, 0.2) is 0 Å². The highest BCUT2D eigenvalue weighted by atomic mass is 16.6. The number of imidazole rings is 2. The fourth-order valence-corrected chi connectivity index (χ4v) is 2.15. The zero-order chi connectivity index (χ0) is 14.8. The molecule has 0 saturated heterocycles. The predicted molar refractivity (Wildman–Crippen MR) is 76.1 cm³/mol. The maximum Gasteiger partial charge on any atom is 0.235 e. The van der Waals surface area contributed by atoms with Crippen molar-refractivity contribution in [2.45, 2.75) is 13.0 Å². The molecular formula is C14H13N5O2. The van der Waals surface area contributed by atoms with Gasteiger partial charge >= 0.3 is 0 Å². The Kier molecular flexibility index (Phi) is 3.23. The van der Waals surface area contributed by atoms with Crippen LogP contribution in [0, 0.1) is 10.1 Å². The number of nitrogens with zero attached hydrogens (tertiary/aromatic N) is 5. The van der Waals surface area contributed by atoms with Crippen molar-refractivity contribution in [2.75, 3.05) is 0 Å². The molecule has 0 saturated carbocycles. The standard InChI is InChI=1S/C14H13N5O2/c1-11(19(20)21)12-2-3-13(17-6-4-15-9-17)14(8-12)18-7-5-16-10-18/h2-11H,1H3. The average molecular weight is 283 g/mol. The van der Waals surface area contributed by atoms with E-state index in [2.05, 4.69) is 9.97 Å². The van der Waals surface area contributed by atoms with Gasteiger partial charge in [0.1, 0.15) is 0 Å². The second-order valence-electron chi connectivity index (χ2n) is 4.65. The second-order valence-corrected chi connectivity index (χ2v) is 4.65. The second kappa shape index (κ2) is 5.20. The SMILES string of the molecule is CC(c1ccc(-n2ccnc2)c(-n2ccnc2)c1)[N+](=O)[O-]. The first-order valence-corrected chi connectivity index (χ1v) is 6.41. The molecule has 0 aliphatic rings. The van der Waals surface area contributed by atoms with Gasteiger partial charge in [0, 0.05) is 42.2 Å². The molecule has 0 spiro atoms. The fraction of sp³-hybridized carbons (Fsp3) is 0.143.